The number of allylic oxidation sites excluding steroid dienone is 1. The van der Waals surface area contributed by atoms with Gasteiger partial charge in [0.15, 0.2) is 0 Å². The third-order valence-corrected chi connectivity index (χ3v) is 4.68. The molecular weight excluding hydrogens is 408 g/mol. The molecule has 0 heterocycles. The molecule has 32 heavy (non-hydrogen) atoms. The molecule has 7 nitrogen and oxygen atoms in total. The van der Waals surface area contributed by atoms with Gasteiger partial charge < -0.3 is 20.1 Å². The summed E-state index contributed by atoms with van der Waals surface area (Å²) in [6.45, 7) is 15.0. The van der Waals surface area contributed by atoms with E-state index in [1.165, 1.54) is 5.57 Å². The molecule has 0 aromatic carbocycles. The molecule has 188 valence electrons. The van der Waals surface area contributed by atoms with E-state index in [0.717, 1.165) is 38.5 Å². The average molecular weight is 457 g/mol. The minimum absolute atomic E-state index is 0. The van der Waals surface area contributed by atoms with Crippen molar-refractivity contribution in [2.45, 2.75) is 131 Å². The number of carbonyl (C=O) groups excluding carboxylic acids is 3. The molecule has 0 saturated heterocycles. The van der Waals surface area contributed by atoms with E-state index >= 15 is 0 Å². The molecule has 0 aliphatic heterocycles. The summed E-state index contributed by atoms with van der Waals surface area (Å²) in [6.07, 6.45) is 5.91. The lowest BCUT2D eigenvalue weighted by Crippen LogP contribution is -2.40. The van der Waals surface area contributed by atoms with Crippen molar-refractivity contribution in [2.75, 3.05) is 0 Å². The van der Waals surface area contributed by atoms with Gasteiger partial charge in [0.2, 0.25) is 0 Å². The molecule has 2 aliphatic carbocycles. The van der Waals surface area contributed by atoms with Crippen molar-refractivity contribution in [1.82, 2.24) is 10.6 Å². The molecular formula is C25H48N2O5. The highest BCUT2D eigenvalue weighted by Gasteiger charge is 2.23. The van der Waals surface area contributed by atoms with E-state index < -0.39 is 11.2 Å². The first-order valence-corrected chi connectivity index (χ1v) is 10.9. The number of ketones is 1. The molecule has 2 N–H and O–H groups in total. The molecule has 0 radical (unpaired) electrons. The number of rotatable bonds is 2. The fourth-order valence-corrected chi connectivity index (χ4v) is 3.20. The Bertz CT molecular complexity index is 543. The summed E-state index contributed by atoms with van der Waals surface area (Å²) in [4.78, 5) is 33.8. The molecule has 2 rings (SSSR count). The third-order valence-electron chi connectivity index (χ3n) is 4.68. The van der Waals surface area contributed by atoms with Gasteiger partial charge in [-0.3, -0.25) is 4.79 Å². The number of alkyl carbamates (subject to hydrolysis) is 2. The van der Waals surface area contributed by atoms with E-state index in [1.54, 1.807) is 0 Å². The Hall–Kier alpha value is -2.05. The van der Waals surface area contributed by atoms with Crippen LogP contribution in [0.5, 0.6) is 0 Å². The van der Waals surface area contributed by atoms with Gasteiger partial charge in [-0.25, -0.2) is 9.59 Å². The Morgan fingerprint density at radius 1 is 0.750 bits per heavy atom. The number of nitrogens with one attached hydrogen (secondary N) is 2. The Morgan fingerprint density at radius 3 is 1.38 bits per heavy atom. The van der Waals surface area contributed by atoms with Crippen LogP contribution < -0.4 is 10.6 Å². The molecule has 2 fully saturated rings. The van der Waals surface area contributed by atoms with Crippen LogP contribution in [-0.4, -0.2) is 41.3 Å². The van der Waals surface area contributed by atoms with Crippen LogP contribution in [0.3, 0.4) is 0 Å². The van der Waals surface area contributed by atoms with Crippen molar-refractivity contribution in [1.29, 1.82) is 0 Å². The van der Waals surface area contributed by atoms with Gasteiger partial charge in [0.05, 0.1) is 0 Å². The Kier molecular flexibility index (Phi) is 14.2. The van der Waals surface area contributed by atoms with Crippen molar-refractivity contribution in [2.24, 2.45) is 0 Å². The standard InChI is InChI=1S/C12H21NO2.C11H19NO3.2CH4/c1-9-5-7-10(8-6-9)13-11(14)15-12(2,3)4;1-11(2,3)15-10(14)12-8-4-6-9(13)7-5-8;;/h10H,1,5-8H2,2-4H3,(H,13,14);8H,4-7H2,1-3H3,(H,12,14);2*1H4. The highest BCUT2D eigenvalue weighted by Crippen LogP contribution is 2.22. The van der Waals surface area contributed by atoms with Crippen molar-refractivity contribution in [3.05, 3.63) is 12.2 Å². The van der Waals surface area contributed by atoms with Crippen LogP contribution in [0.2, 0.25) is 0 Å². The minimum Gasteiger partial charge on any atom is -0.444 e. The summed E-state index contributed by atoms with van der Waals surface area (Å²) in [5.41, 5.74) is 0.411. The lowest BCUT2D eigenvalue weighted by molar-refractivity contribution is -0.120. The first kappa shape index (κ1) is 32.1. The number of hydrogen-bond acceptors (Lipinski definition) is 5. The Labute approximate surface area is 196 Å². The van der Waals surface area contributed by atoms with E-state index in [0.29, 0.717) is 12.8 Å². The molecule has 0 atom stereocenters. The first-order chi connectivity index (χ1) is 13.7. The first-order valence-electron chi connectivity index (χ1n) is 10.9. The molecule has 2 saturated carbocycles. The van der Waals surface area contributed by atoms with Crippen molar-refractivity contribution in [3.8, 4) is 0 Å². The lowest BCUT2D eigenvalue weighted by Gasteiger charge is -2.26. The van der Waals surface area contributed by atoms with E-state index in [9.17, 15) is 14.4 Å². The molecule has 7 heteroatoms. The number of carbonyl (C=O) groups is 3. The summed E-state index contributed by atoms with van der Waals surface area (Å²) < 4.78 is 10.3. The van der Waals surface area contributed by atoms with E-state index in [2.05, 4.69) is 17.2 Å². The van der Waals surface area contributed by atoms with Gasteiger partial charge in [-0.05, 0) is 80.1 Å². The van der Waals surface area contributed by atoms with Crippen molar-refractivity contribution in [3.63, 3.8) is 0 Å². The van der Waals surface area contributed by atoms with Gasteiger partial charge in [0.25, 0.3) is 0 Å². The molecule has 0 bridgehead atoms. The van der Waals surface area contributed by atoms with Gasteiger partial charge in [-0.2, -0.15) is 0 Å². The fourth-order valence-electron chi connectivity index (χ4n) is 3.20. The molecule has 2 amide bonds. The summed E-state index contributed by atoms with van der Waals surface area (Å²) in [7, 11) is 0. The molecule has 0 aromatic heterocycles. The van der Waals surface area contributed by atoms with Gasteiger partial charge in [0, 0.05) is 24.9 Å². The lowest BCUT2D eigenvalue weighted by atomic mass is 9.92. The van der Waals surface area contributed by atoms with Crippen molar-refractivity contribution < 1.29 is 23.9 Å². The maximum Gasteiger partial charge on any atom is 0.407 e. The highest BCUT2D eigenvalue weighted by molar-refractivity contribution is 5.79. The van der Waals surface area contributed by atoms with Gasteiger partial charge in [0.1, 0.15) is 17.0 Å². The van der Waals surface area contributed by atoms with Crippen LogP contribution >= 0.6 is 0 Å². The normalized spacial score (nSPS) is 17.6. The maximum atomic E-state index is 11.5. The van der Waals surface area contributed by atoms with Crippen LogP contribution in [0.25, 0.3) is 0 Å². The van der Waals surface area contributed by atoms with Crippen LogP contribution in [0.15, 0.2) is 12.2 Å². The number of amides is 2. The van der Waals surface area contributed by atoms with E-state index in [-0.39, 0.29) is 44.9 Å². The van der Waals surface area contributed by atoms with Crippen molar-refractivity contribution >= 4 is 18.0 Å². The number of hydrogen-bond donors (Lipinski definition) is 2. The zero-order chi connectivity index (χ0) is 22.9. The smallest absolute Gasteiger partial charge is 0.407 e. The van der Waals surface area contributed by atoms with Gasteiger partial charge >= 0.3 is 12.2 Å². The van der Waals surface area contributed by atoms with Crippen LogP contribution in [0, 0.1) is 0 Å². The third kappa shape index (κ3) is 15.7. The second-order valence-corrected chi connectivity index (χ2v) is 10.1. The summed E-state index contributed by atoms with van der Waals surface area (Å²) in [5, 5.41) is 5.68. The predicted molar refractivity (Wildman–Crippen MR) is 131 cm³/mol. The molecule has 0 unspecified atom stereocenters. The monoisotopic (exact) mass is 456 g/mol. The minimum atomic E-state index is -0.464. The molecule has 2 aliphatic rings. The predicted octanol–water partition coefficient (Wildman–Crippen LogP) is 6.30. The molecule has 0 aromatic rings. The average Bonchev–Trinajstić information content (AvgIpc) is 2.56. The van der Waals surface area contributed by atoms with Crippen LogP contribution in [0.4, 0.5) is 9.59 Å². The fraction of sp³-hybridized carbons (Fsp3) is 0.800. The Morgan fingerprint density at radius 2 is 1.06 bits per heavy atom. The second-order valence-electron chi connectivity index (χ2n) is 10.1. The van der Waals surface area contributed by atoms with E-state index in [4.69, 9.17) is 9.47 Å². The SMILES string of the molecule is C.C.C=C1CCC(NC(=O)OC(C)(C)C)CC1.CC(C)(C)OC(=O)NC1CCC(=O)CC1. The maximum absolute atomic E-state index is 11.5. The number of Topliss-reactive ketones (excluding diaryl/α,β-unsaturated/α-hetero) is 1. The van der Waals surface area contributed by atoms with Gasteiger partial charge in [-0.15, -0.1) is 0 Å². The largest absolute Gasteiger partial charge is 0.444 e. The van der Waals surface area contributed by atoms with E-state index in [1.807, 2.05) is 41.5 Å². The van der Waals surface area contributed by atoms with Crippen LogP contribution in [0.1, 0.15) is 108 Å². The summed E-state index contributed by atoms with van der Waals surface area (Å²) >= 11 is 0. The number of ether oxygens (including phenoxy) is 2. The summed E-state index contributed by atoms with van der Waals surface area (Å²) in [5.74, 6) is 0.289. The molecule has 0 spiro atoms. The van der Waals surface area contributed by atoms with Gasteiger partial charge in [-0.1, -0.05) is 27.0 Å². The quantitative estimate of drug-likeness (QED) is 0.475. The second kappa shape index (κ2) is 14.2. The zero-order valence-electron chi connectivity index (χ0n) is 19.6. The van der Waals surface area contributed by atoms with Crippen LogP contribution in [-0.2, 0) is 14.3 Å². The summed E-state index contributed by atoms with van der Waals surface area (Å²) in [6, 6.07) is 0.350. The zero-order valence-corrected chi connectivity index (χ0v) is 19.6. The topological polar surface area (TPSA) is 93.7 Å². The Balaban J connectivity index is 0. The highest BCUT2D eigenvalue weighted by atomic mass is 16.6.